The van der Waals surface area contributed by atoms with E-state index in [1.54, 1.807) is 0 Å². The molecule has 104 valence electrons. The fraction of sp³-hybridized carbons (Fsp3) is 0.500. The van der Waals surface area contributed by atoms with Crippen LogP contribution in [0, 0.1) is 5.92 Å². The molecule has 1 aliphatic rings. The quantitative estimate of drug-likeness (QED) is 0.853. The van der Waals surface area contributed by atoms with Gasteiger partial charge in [-0.3, -0.25) is 0 Å². The zero-order valence-corrected chi connectivity index (χ0v) is 13.5. The molecule has 19 heavy (non-hydrogen) atoms. The highest BCUT2D eigenvalue weighted by atomic mass is 79.9. The lowest BCUT2D eigenvalue weighted by Crippen LogP contribution is -2.32. The first-order valence-electron chi connectivity index (χ1n) is 6.46. The average Bonchev–Trinajstić information content (AvgIpc) is 2.39. The van der Waals surface area contributed by atoms with Crippen molar-refractivity contribution in [2.75, 3.05) is 31.7 Å². The minimum Gasteiger partial charge on any atom is -0.389 e. The third-order valence-electron chi connectivity index (χ3n) is 3.42. The molecule has 1 atom stereocenters. The third kappa shape index (κ3) is 3.91. The van der Waals surface area contributed by atoms with E-state index >= 15 is 0 Å². The van der Waals surface area contributed by atoms with E-state index in [4.69, 9.17) is 22.7 Å². The van der Waals surface area contributed by atoms with Gasteiger partial charge in [-0.1, -0.05) is 28.1 Å². The molecular formula is C14H19BrN2OS. The van der Waals surface area contributed by atoms with Gasteiger partial charge in [0.25, 0.3) is 0 Å². The number of benzene rings is 1. The predicted octanol–water partition coefficient (Wildman–Crippen LogP) is 2.95. The number of thiocarbonyl (C=S) groups is 1. The fourth-order valence-corrected chi connectivity index (χ4v) is 3.00. The van der Waals surface area contributed by atoms with Crippen LogP contribution < -0.4 is 10.6 Å². The molecule has 1 aromatic carbocycles. The first kappa shape index (κ1) is 14.8. The second-order valence-corrected chi connectivity index (χ2v) is 6.34. The maximum Gasteiger partial charge on any atom is 0.106 e. The number of hydrogen-bond donors (Lipinski definition) is 1. The minimum absolute atomic E-state index is 0.433. The van der Waals surface area contributed by atoms with Crippen LogP contribution in [-0.4, -0.2) is 31.8 Å². The van der Waals surface area contributed by atoms with Crippen LogP contribution in [0.15, 0.2) is 22.7 Å². The number of nitrogens with two attached hydrogens (primary N) is 1. The Morgan fingerprint density at radius 2 is 2.37 bits per heavy atom. The van der Waals surface area contributed by atoms with Crippen molar-refractivity contribution >= 4 is 38.8 Å². The Hall–Kier alpha value is -0.650. The van der Waals surface area contributed by atoms with Crippen LogP contribution >= 0.6 is 28.1 Å². The van der Waals surface area contributed by atoms with Gasteiger partial charge in [-0.25, -0.2) is 0 Å². The molecule has 1 fully saturated rings. The van der Waals surface area contributed by atoms with E-state index in [9.17, 15) is 0 Å². The van der Waals surface area contributed by atoms with Crippen LogP contribution in [0.5, 0.6) is 0 Å². The summed E-state index contributed by atoms with van der Waals surface area (Å²) >= 11 is 8.60. The molecule has 0 aromatic heterocycles. The molecule has 0 bridgehead atoms. The fourth-order valence-electron chi connectivity index (χ4n) is 2.48. The highest BCUT2D eigenvalue weighted by Crippen LogP contribution is 2.25. The SMILES string of the molecule is CN(CC1CCCOC1)c1ccc(Br)cc1C(N)=S. The molecule has 0 aliphatic carbocycles. The zero-order valence-electron chi connectivity index (χ0n) is 11.1. The summed E-state index contributed by atoms with van der Waals surface area (Å²) in [6.07, 6.45) is 2.38. The molecule has 2 rings (SSSR count). The van der Waals surface area contributed by atoms with E-state index in [-0.39, 0.29) is 0 Å². The Balaban J connectivity index is 2.13. The number of hydrogen-bond acceptors (Lipinski definition) is 3. The van der Waals surface area contributed by atoms with Gasteiger partial charge < -0.3 is 15.4 Å². The van der Waals surface area contributed by atoms with Gasteiger partial charge >= 0.3 is 0 Å². The van der Waals surface area contributed by atoms with Crippen molar-refractivity contribution in [3.63, 3.8) is 0 Å². The number of ether oxygens (including phenoxy) is 1. The van der Waals surface area contributed by atoms with E-state index in [0.29, 0.717) is 10.9 Å². The van der Waals surface area contributed by atoms with Crippen molar-refractivity contribution in [3.05, 3.63) is 28.2 Å². The van der Waals surface area contributed by atoms with Crippen molar-refractivity contribution in [2.45, 2.75) is 12.8 Å². The van der Waals surface area contributed by atoms with E-state index in [2.05, 4.69) is 33.9 Å². The highest BCUT2D eigenvalue weighted by Gasteiger charge is 2.18. The van der Waals surface area contributed by atoms with E-state index in [0.717, 1.165) is 41.9 Å². The molecule has 1 heterocycles. The summed E-state index contributed by atoms with van der Waals surface area (Å²) in [5, 5.41) is 0. The Bertz CT molecular complexity index is 461. The van der Waals surface area contributed by atoms with Crippen molar-refractivity contribution in [1.82, 2.24) is 0 Å². The summed E-state index contributed by atoms with van der Waals surface area (Å²) in [6, 6.07) is 6.05. The van der Waals surface area contributed by atoms with Crippen molar-refractivity contribution in [3.8, 4) is 0 Å². The molecule has 1 saturated heterocycles. The van der Waals surface area contributed by atoms with Crippen LogP contribution in [0.4, 0.5) is 5.69 Å². The molecule has 0 radical (unpaired) electrons. The molecule has 1 unspecified atom stereocenters. The normalized spacial score (nSPS) is 19.2. The summed E-state index contributed by atoms with van der Waals surface area (Å²) in [7, 11) is 2.08. The van der Waals surface area contributed by atoms with Gasteiger partial charge in [0.1, 0.15) is 4.99 Å². The Labute approximate surface area is 128 Å². The lowest BCUT2D eigenvalue weighted by atomic mass is 10.0. The topological polar surface area (TPSA) is 38.5 Å². The van der Waals surface area contributed by atoms with Crippen LogP contribution in [0.1, 0.15) is 18.4 Å². The average molecular weight is 343 g/mol. The van der Waals surface area contributed by atoms with Gasteiger partial charge in [-0.2, -0.15) is 0 Å². The van der Waals surface area contributed by atoms with Crippen LogP contribution in [0.25, 0.3) is 0 Å². The minimum atomic E-state index is 0.433. The molecule has 0 spiro atoms. The smallest absolute Gasteiger partial charge is 0.106 e. The van der Waals surface area contributed by atoms with Crippen molar-refractivity contribution in [1.29, 1.82) is 0 Å². The van der Waals surface area contributed by atoms with Gasteiger partial charge in [0, 0.05) is 35.9 Å². The summed E-state index contributed by atoms with van der Waals surface area (Å²) in [5.41, 5.74) is 7.82. The molecular weight excluding hydrogens is 324 g/mol. The number of anilines is 1. The molecule has 0 amide bonds. The molecule has 5 heteroatoms. The predicted molar refractivity (Wildman–Crippen MR) is 86.8 cm³/mol. The molecule has 1 aromatic rings. The first-order chi connectivity index (χ1) is 9.08. The van der Waals surface area contributed by atoms with Crippen LogP contribution in [-0.2, 0) is 4.74 Å². The first-order valence-corrected chi connectivity index (χ1v) is 7.66. The summed E-state index contributed by atoms with van der Waals surface area (Å²) in [4.78, 5) is 2.66. The van der Waals surface area contributed by atoms with Gasteiger partial charge in [0.15, 0.2) is 0 Å². The summed E-state index contributed by atoms with van der Waals surface area (Å²) in [6.45, 7) is 2.72. The monoisotopic (exact) mass is 342 g/mol. The second kappa shape index (κ2) is 6.68. The maximum atomic E-state index is 5.81. The van der Waals surface area contributed by atoms with Gasteiger partial charge in [-0.05, 0) is 37.0 Å². The zero-order chi connectivity index (χ0) is 13.8. The van der Waals surface area contributed by atoms with Crippen LogP contribution in [0.3, 0.4) is 0 Å². The Morgan fingerprint density at radius 1 is 1.58 bits per heavy atom. The van der Waals surface area contributed by atoms with E-state index in [1.807, 2.05) is 12.1 Å². The Kier molecular flexibility index (Phi) is 5.19. The molecule has 0 saturated carbocycles. The molecule has 2 N–H and O–H groups in total. The third-order valence-corrected chi connectivity index (χ3v) is 4.14. The summed E-state index contributed by atoms with van der Waals surface area (Å²) in [5.74, 6) is 0.585. The van der Waals surface area contributed by atoms with Crippen molar-refractivity contribution in [2.24, 2.45) is 11.7 Å². The number of nitrogens with zero attached hydrogens (tertiary/aromatic N) is 1. The Morgan fingerprint density at radius 3 is 3.00 bits per heavy atom. The number of halogens is 1. The van der Waals surface area contributed by atoms with E-state index in [1.165, 1.54) is 6.42 Å². The summed E-state index contributed by atoms with van der Waals surface area (Å²) < 4.78 is 6.52. The second-order valence-electron chi connectivity index (χ2n) is 4.99. The van der Waals surface area contributed by atoms with Crippen molar-refractivity contribution < 1.29 is 4.74 Å². The van der Waals surface area contributed by atoms with Gasteiger partial charge in [0.05, 0.1) is 6.61 Å². The molecule has 3 nitrogen and oxygen atoms in total. The van der Waals surface area contributed by atoms with Gasteiger partial charge in [-0.15, -0.1) is 0 Å². The number of rotatable bonds is 4. The maximum absolute atomic E-state index is 5.81. The van der Waals surface area contributed by atoms with Gasteiger partial charge in [0.2, 0.25) is 0 Å². The molecule has 1 aliphatic heterocycles. The van der Waals surface area contributed by atoms with E-state index < -0.39 is 0 Å². The largest absolute Gasteiger partial charge is 0.389 e. The lowest BCUT2D eigenvalue weighted by molar-refractivity contribution is 0.0576. The van der Waals surface area contributed by atoms with Crippen LogP contribution in [0.2, 0.25) is 0 Å². The highest BCUT2D eigenvalue weighted by molar-refractivity contribution is 9.10. The lowest BCUT2D eigenvalue weighted by Gasteiger charge is -2.29. The standard InChI is InChI=1S/C14H19BrN2OS/c1-17(8-10-3-2-6-18-9-10)13-5-4-11(15)7-12(13)14(16)19/h4-5,7,10H,2-3,6,8-9H2,1H3,(H2,16,19).